The highest BCUT2D eigenvalue weighted by atomic mass is 16.2. The molecular weight excluding hydrogens is 232 g/mol. The van der Waals surface area contributed by atoms with Gasteiger partial charge in [-0.15, -0.1) is 0 Å². The Morgan fingerprint density at radius 3 is 2.56 bits per heavy atom. The van der Waals surface area contributed by atoms with Crippen LogP contribution in [0.1, 0.15) is 39.5 Å². The van der Waals surface area contributed by atoms with Crippen molar-refractivity contribution < 1.29 is 0 Å². The fourth-order valence-electron chi connectivity index (χ4n) is 1.79. The summed E-state index contributed by atoms with van der Waals surface area (Å²) in [5.41, 5.74) is 5.28. The van der Waals surface area contributed by atoms with Crippen LogP contribution in [0.4, 0.5) is 11.5 Å². The highest BCUT2D eigenvalue weighted by molar-refractivity contribution is 5.60. The molecule has 0 aliphatic carbocycles. The van der Waals surface area contributed by atoms with E-state index in [1.54, 1.807) is 0 Å². The van der Waals surface area contributed by atoms with Gasteiger partial charge in [-0.2, -0.15) is 0 Å². The molecule has 1 rings (SSSR count). The smallest absolute Gasteiger partial charge is 0.330 e. The van der Waals surface area contributed by atoms with Crippen molar-refractivity contribution in [3.8, 4) is 0 Å². The maximum absolute atomic E-state index is 11.7. The van der Waals surface area contributed by atoms with Crippen molar-refractivity contribution >= 4 is 11.5 Å². The van der Waals surface area contributed by atoms with E-state index in [2.05, 4.69) is 17.2 Å². The van der Waals surface area contributed by atoms with Gasteiger partial charge < -0.3 is 11.1 Å². The standard InChI is InChI=1S/C12H22N4O2/c1-3-5-6-7-14-9-10(13)16(8-4-2)12(18)15-11(9)17/h14H,3-8,13H2,1-2H3,(H,15,17,18). The summed E-state index contributed by atoms with van der Waals surface area (Å²) >= 11 is 0. The second kappa shape index (κ2) is 6.88. The second-order valence-corrected chi connectivity index (χ2v) is 4.31. The molecule has 6 heteroatoms. The fourth-order valence-corrected chi connectivity index (χ4v) is 1.79. The molecule has 0 saturated heterocycles. The molecule has 0 amide bonds. The minimum Gasteiger partial charge on any atom is -0.383 e. The number of anilines is 2. The van der Waals surface area contributed by atoms with E-state index in [1.807, 2.05) is 6.92 Å². The lowest BCUT2D eigenvalue weighted by molar-refractivity contribution is 0.642. The maximum Gasteiger partial charge on any atom is 0.330 e. The lowest BCUT2D eigenvalue weighted by Crippen LogP contribution is -2.34. The Bertz CT molecular complexity index is 490. The Labute approximate surface area is 106 Å². The topological polar surface area (TPSA) is 92.9 Å². The van der Waals surface area contributed by atoms with Gasteiger partial charge in [0.2, 0.25) is 0 Å². The summed E-state index contributed by atoms with van der Waals surface area (Å²) in [7, 11) is 0. The normalized spacial score (nSPS) is 10.6. The largest absolute Gasteiger partial charge is 0.383 e. The molecule has 18 heavy (non-hydrogen) atoms. The van der Waals surface area contributed by atoms with Gasteiger partial charge in [0.25, 0.3) is 5.56 Å². The number of nitrogens with one attached hydrogen (secondary N) is 2. The number of hydrogen-bond acceptors (Lipinski definition) is 4. The predicted octanol–water partition coefficient (Wildman–Crippen LogP) is 1.13. The van der Waals surface area contributed by atoms with Crippen LogP contribution in [0.15, 0.2) is 9.59 Å². The van der Waals surface area contributed by atoms with Crippen LogP contribution in [0.3, 0.4) is 0 Å². The first-order chi connectivity index (χ1) is 8.61. The van der Waals surface area contributed by atoms with E-state index >= 15 is 0 Å². The monoisotopic (exact) mass is 254 g/mol. The molecule has 0 atom stereocenters. The van der Waals surface area contributed by atoms with Gasteiger partial charge in [0.05, 0.1) is 0 Å². The number of nitrogens with zero attached hydrogens (tertiary/aromatic N) is 1. The molecule has 0 aliphatic rings. The van der Waals surface area contributed by atoms with Crippen molar-refractivity contribution in [1.82, 2.24) is 9.55 Å². The number of unbranched alkanes of at least 4 members (excludes halogenated alkanes) is 2. The molecular formula is C12H22N4O2. The number of H-pyrrole nitrogens is 1. The Hall–Kier alpha value is -1.72. The van der Waals surface area contributed by atoms with Crippen LogP contribution in [-0.4, -0.2) is 16.1 Å². The van der Waals surface area contributed by atoms with E-state index in [-0.39, 0.29) is 5.82 Å². The van der Waals surface area contributed by atoms with Gasteiger partial charge >= 0.3 is 5.69 Å². The van der Waals surface area contributed by atoms with Gasteiger partial charge in [-0.3, -0.25) is 14.3 Å². The lowest BCUT2D eigenvalue weighted by atomic mass is 10.2. The van der Waals surface area contributed by atoms with Crippen molar-refractivity contribution in [2.24, 2.45) is 0 Å². The van der Waals surface area contributed by atoms with Crippen LogP contribution >= 0.6 is 0 Å². The summed E-state index contributed by atoms with van der Waals surface area (Å²) in [5, 5.41) is 3.01. The van der Waals surface area contributed by atoms with E-state index in [9.17, 15) is 9.59 Å². The van der Waals surface area contributed by atoms with Crippen LogP contribution in [0.25, 0.3) is 0 Å². The summed E-state index contributed by atoms with van der Waals surface area (Å²) < 4.78 is 1.39. The van der Waals surface area contributed by atoms with Crippen molar-refractivity contribution in [2.75, 3.05) is 17.6 Å². The van der Waals surface area contributed by atoms with Crippen LogP contribution in [0, 0.1) is 0 Å². The van der Waals surface area contributed by atoms with Gasteiger partial charge in [-0.1, -0.05) is 26.7 Å². The predicted molar refractivity (Wildman–Crippen MR) is 74.0 cm³/mol. The SMILES string of the molecule is CCCCCNc1c(N)n(CCC)c(=O)[nH]c1=O. The number of rotatable bonds is 7. The van der Waals surface area contributed by atoms with Crippen molar-refractivity contribution in [2.45, 2.75) is 46.1 Å². The molecule has 0 aliphatic heterocycles. The number of nitrogen functional groups attached to an aromatic ring is 1. The molecule has 0 radical (unpaired) electrons. The molecule has 0 aromatic carbocycles. The zero-order valence-electron chi connectivity index (χ0n) is 11.1. The molecule has 1 aromatic heterocycles. The molecule has 0 unspecified atom stereocenters. The quantitative estimate of drug-likeness (QED) is 0.636. The molecule has 0 saturated carbocycles. The first-order valence-electron chi connectivity index (χ1n) is 6.48. The highest BCUT2D eigenvalue weighted by Gasteiger charge is 2.10. The second-order valence-electron chi connectivity index (χ2n) is 4.31. The summed E-state index contributed by atoms with van der Waals surface area (Å²) in [6, 6.07) is 0. The van der Waals surface area contributed by atoms with E-state index in [0.717, 1.165) is 25.7 Å². The van der Waals surface area contributed by atoms with Gasteiger partial charge in [0.15, 0.2) is 0 Å². The van der Waals surface area contributed by atoms with Crippen molar-refractivity contribution in [3.05, 3.63) is 20.8 Å². The molecule has 102 valence electrons. The Morgan fingerprint density at radius 1 is 1.22 bits per heavy atom. The number of aromatic amines is 1. The Kier molecular flexibility index (Phi) is 5.48. The average molecular weight is 254 g/mol. The highest BCUT2D eigenvalue weighted by Crippen LogP contribution is 2.10. The maximum atomic E-state index is 11.7. The van der Waals surface area contributed by atoms with Gasteiger partial charge in [-0.25, -0.2) is 4.79 Å². The lowest BCUT2D eigenvalue weighted by Gasteiger charge is -2.13. The molecule has 1 heterocycles. The molecule has 1 aromatic rings. The summed E-state index contributed by atoms with van der Waals surface area (Å²) in [5.74, 6) is 0.224. The van der Waals surface area contributed by atoms with Crippen molar-refractivity contribution in [3.63, 3.8) is 0 Å². The fraction of sp³-hybridized carbons (Fsp3) is 0.667. The Morgan fingerprint density at radius 2 is 1.94 bits per heavy atom. The molecule has 0 spiro atoms. The van der Waals surface area contributed by atoms with Gasteiger partial charge in [0, 0.05) is 13.1 Å². The summed E-state index contributed by atoms with van der Waals surface area (Å²) in [6.45, 7) is 5.25. The minimum atomic E-state index is -0.446. The van der Waals surface area contributed by atoms with Crippen LogP contribution in [0.2, 0.25) is 0 Å². The number of nitrogens with two attached hydrogens (primary N) is 1. The third-order valence-electron chi connectivity index (χ3n) is 2.77. The van der Waals surface area contributed by atoms with E-state index in [1.165, 1.54) is 4.57 Å². The zero-order valence-corrected chi connectivity index (χ0v) is 11.1. The summed E-state index contributed by atoms with van der Waals surface area (Å²) in [4.78, 5) is 25.5. The minimum absolute atomic E-state index is 0.224. The third-order valence-corrected chi connectivity index (χ3v) is 2.77. The number of aromatic nitrogens is 2. The molecule has 0 bridgehead atoms. The van der Waals surface area contributed by atoms with E-state index < -0.39 is 11.2 Å². The number of hydrogen-bond donors (Lipinski definition) is 3. The first kappa shape index (κ1) is 14.3. The third kappa shape index (κ3) is 3.38. The van der Waals surface area contributed by atoms with Crippen LogP contribution < -0.4 is 22.3 Å². The van der Waals surface area contributed by atoms with Gasteiger partial charge in [-0.05, 0) is 12.8 Å². The first-order valence-corrected chi connectivity index (χ1v) is 6.48. The van der Waals surface area contributed by atoms with Gasteiger partial charge in [0.1, 0.15) is 11.5 Å². The molecule has 4 N–H and O–H groups in total. The van der Waals surface area contributed by atoms with Crippen LogP contribution in [0.5, 0.6) is 0 Å². The van der Waals surface area contributed by atoms with Crippen molar-refractivity contribution in [1.29, 1.82) is 0 Å². The molecule has 6 nitrogen and oxygen atoms in total. The Balaban J connectivity index is 2.93. The van der Waals surface area contributed by atoms with Crippen LogP contribution in [-0.2, 0) is 6.54 Å². The zero-order chi connectivity index (χ0) is 13.5. The summed E-state index contributed by atoms with van der Waals surface area (Å²) in [6.07, 6.45) is 3.97. The van der Waals surface area contributed by atoms with E-state index in [4.69, 9.17) is 5.73 Å². The average Bonchev–Trinajstić information content (AvgIpc) is 2.33. The molecule has 0 fully saturated rings. The van der Waals surface area contributed by atoms with E-state index in [0.29, 0.717) is 18.8 Å².